The van der Waals surface area contributed by atoms with Crippen LogP contribution in [0.25, 0.3) is 0 Å². The molecular weight excluding hydrogens is 361 g/mol. The first-order chi connectivity index (χ1) is 13.2. The van der Waals surface area contributed by atoms with E-state index >= 15 is 0 Å². The largest absolute Gasteiger partial charge is 0.453 e. The number of hydrogen-bond donors (Lipinski definition) is 1. The van der Waals surface area contributed by atoms with Crippen LogP contribution in [0.2, 0.25) is 0 Å². The van der Waals surface area contributed by atoms with E-state index in [2.05, 4.69) is 5.32 Å². The maximum atomic E-state index is 12.9. The zero-order chi connectivity index (χ0) is 20.8. The van der Waals surface area contributed by atoms with Crippen LogP contribution in [0.1, 0.15) is 46.8 Å². The molecule has 148 valence electrons. The second kappa shape index (κ2) is 9.26. The summed E-state index contributed by atoms with van der Waals surface area (Å²) >= 11 is 0. The Morgan fingerprint density at radius 2 is 1.57 bits per heavy atom. The molecule has 5 nitrogen and oxygen atoms in total. The van der Waals surface area contributed by atoms with E-state index in [0.717, 1.165) is 16.7 Å². The summed E-state index contributed by atoms with van der Waals surface area (Å²) in [4.78, 5) is 36.3. The number of hydrogen-bond acceptors (Lipinski definition) is 4. The highest BCUT2D eigenvalue weighted by molar-refractivity contribution is 5.98. The van der Waals surface area contributed by atoms with Crippen molar-refractivity contribution in [2.75, 3.05) is 5.32 Å². The average Bonchev–Trinajstić information content (AvgIpc) is 2.63. The van der Waals surface area contributed by atoms with E-state index in [1.165, 1.54) is 31.2 Å². The first-order valence-electron chi connectivity index (χ1n) is 9.04. The molecule has 6 heteroatoms. The lowest BCUT2D eigenvalue weighted by Gasteiger charge is -2.17. The van der Waals surface area contributed by atoms with Crippen LogP contribution >= 0.6 is 0 Å². The Bertz CT molecular complexity index is 867. The first kappa shape index (κ1) is 21.3. The fourth-order valence-corrected chi connectivity index (χ4v) is 2.91. The number of ether oxygens (including phenoxy) is 1. The van der Waals surface area contributed by atoms with Gasteiger partial charge in [0.1, 0.15) is 5.82 Å². The molecule has 0 radical (unpaired) electrons. The van der Waals surface area contributed by atoms with Crippen molar-refractivity contribution < 1.29 is 23.5 Å². The summed E-state index contributed by atoms with van der Waals surface area (Å²) in [6, 6.07) is 9.03. The van der Waals surface area contributed by atoms with Crippen LogP contribution in [-0.4, -0.2) is 23.8 Å². The lowest BCUT2D eigenvalue weighted by molar-refractivity contribution is -0.153. The van der Waals surface area contributed by atoms with Crippen LogP contribution in [-0.2, 0) is 14.3 Å². The molecule has 1 N–H and O–H groups in total. The minimum atomic E-state index is -0.992. The third-order valence-electron chi connectivity index (χ3n) is 4.33. The lowest BCUT2D eigenvalue weighted by Crippen LogP contribution is -2.30. The van der Waals surface area contributed by atoms with E-state index in [4.69, 9.17) is 4.74 Å². The van der Waals surface area contributed by atoms with Gasteiger partial charge in [-0.25, -0.2) is 4.39 Å². The van der Waals surface area contributed by atoms with Gasteiger partial charge >= 0.3 is 5.97 Å². The monoisotopic (exact) mass is 385 g/mol. The molecule has 0 unspecified atom stereocenters. The Balaban J connectivity index is 1.87. The number of aryl methyl sites for hydroxylation is 3. The Morgan fingerprint density at radius 1 is 1.00 bits per heavy atom. The molecule has 0 aliphatic rings. The number of benzene rings is 2. The molecule has 0 saturated carbocycles. The maximum Gasteiger partial charge on any atom is 0.307 e. The van der Waals surface area contributed by atoms with Crippen molar-refractivity contribution in [3.05, 3.63) is 64.5 Å². The zero-order valence-electron chi connectivity index (χ0n) is 16.5. The molecule has 2 aromatic carbocycles. The van der Waals surface area contributed by atoms with E-state index in [1.807, 2.05) is 32.9 Å². The number of ketones is 1. The molecule has 0 saturated heterocycles. The molecule has 2 rings (SSSR count). The fourth-order valence-electron chi connectivity index (χ4n) is 2.91. The Kier molecular flexibility index (Phi) is 7.04. The van der Waals surface area contributed by atoms with Crippen molar-refractivity contribution >= 4 is 23.3 Å². The maximum absolute atomic E-state index is 12.9. The third-order valence-corrected chi connectivity index (χ3v) is 4.33. The third kappa shape index (κ3) is 5.74. The molecule has 0 spiro atoms. The quantitative estimate of drug-likeness (QED) is 0.570. The lowest BCUT2D eigenvalue weighted by atomic mass is 10.0. The topological polar surface area (TPSA) is 72.5 Å². The van der Waals surface area contributed by atoms with Crippen LogP contribution in [0.5, 0.6) is 0 Å². The Labute approximate surface area is 163 Å². The van der Waals surface area contributed by atoms with Gasteiger partial charge < -0.3 is 10.1 Å². The van der Waals surface area contributed by atoms with Gasteiger partial charge in [-0.15, -0.1) is 0 Å². The normalized spacial score (nSPS) is 11.6. The molecule has 0 bridgehead atoms. The Hall–Kier alpha value is -3.02. The van der Waals surface area contributed by atoms with Gasteiger partial charge in [0.25, 0.3) is 5.91 Å². The zero-order valence-corrected chi connectivity index (χ0v) is 16.5. The van der Waals surface area contributed by atoms with Crippen LogP contribution in [0.15, 0.2) is 36.4 Å². The number of nitrogens with one attached hydrogen (secondary N) is 1. The van der Waals surface area contributed by atoms with Gasteiger partial charge in [-0.2, -0.15) is 0 Å². The minimum absolute atomic E-state index is 0.0744. The van der Waals surface area contributed by atoms with Crippen LogP contribution in [0, 0.1) is 26.6 Å². The predicted octanol–water partition coefficient (Wildman–Crippen LogP) is 4.28. The Morgan fingerprint density at radius 3 is 2.14 bits per heavy atom. The van der Waals surface area contributed by atoms with Gasteiger partial charge in [0.2, 0.25) is 0 Å². The highest BCUT2D eigenvalue weighted by Gasteiger charge is 2.20. The first-order valence-corrected chi connectivity index (χ1v) is 9.04. The number of carbonyl (C=O) groups is 3. The van der Waals surface area contributed by atoms with Crippen LogP contribution in [0.3, 0.4) is 0 Å². The van der Waals surface area contributed by atoms with Crippen molar-refractivity contribution in [1.29, 1.82) is 0 Å². The van der Waals surface area contributed by atoms with Gasteiger partial charge in [0.15, 0.2) is 11.9 Å². The summed E-state index contributed by atoms with van der Waals surface area (Å²) in [5.41, 5.74) is 3.97. The van der Waals surface area contributed by atoms with Gasteiger partial charge in [-0.05, 0) is 63.1 Å². The molecule has 1 atom stereocenters. The van der Waals surface area contributed by atoms with Crippen LogP contribution in [0.4, 0.5) is 10.1 Å². The minimum Gasteiger partial charge on any atom is -0.453 e. The number of rotatable bonds is 7. The molecular formula is C22H24FNO4. The molecule has 1 amide bonds. The fraction of sp³-hybridized carbons (Fsp3) is 0.318. The predicted molar refractivity (Wildman–Crippen MR) is 105 cm³/mol. The van der Waals surface area contributed by atoms with Crippen molar-refractivity contribution in [2.45, 2.75) is 46.6 Å². The smallest absolute Gasteiger partial charge is 0.307 e. The van der Waals surface area contributed by atoms with E-state index in [0.29, 0.717) is 11.3 Å². The van der Waals surface area contributed by atoms with E-state index in [-0.39, 0.29) is 18.6 Å². The number of Topliss-reactive ketones (excluding diaryl/α,β-unsaturated/α-hetero) is 1. The summed E-state index contributed by atoms with van der Waals surface area (Å²) in [5.74, 6) is -1.81. The second-order valence-electron chi connectivity index (χ2n) is 6.83. The molecule has 28 heavy (non-hydrogen) atoms. The van der Waals surface area contributed by atoms with E-state index in [1.54, 1.807) is 0 Å². The number of amides is 1. The summed E-state index contributed by atoms with van der Waals surface area (Å²) in [5, 5.41) is 2.79. The SMILES string of the molecule is Cc1cc(C)c(NC(=O)[C@H](C)OC(=O)CCC(=O)c2ccc(F)cc2)c(C)c1. The number of halogens is 1. The highest BCUT2D eigenvalue weighted by Crippen LogP contribution is 2.22. The van der Waals surface area contributed by atoms with E-state index < -0.39 is 23.8 Å². The highest BCUT2D eigenvalue weighted by atomic mass is 19.1. The molecule has 0 aliphatic heterocycles. The molecule has 0 aromatic heterocycles. The molecule has 0 aliphatic carbocycles. The average molecular weight is 385 g/mol. The van der Waals surface area contributed by atoms with Crippen molar-refractivity contribution in [3.8, 4) is 0 Å². The van der Waals surface area contributed by atoms with E-state index in [9.17, 15) is 18.8 Å². The summed E-state index contributed by atoms with van der Waals surface area (Å²) < 4.78 is 18.0. The number of esters is 1. The van der Waals surface area contributed by atoms with Gasteiger partial charge in [0, 0.05) is 17.7 Å². The van der Waals surface area contributed by atoms with Gasteiger partial charge in [-0.3, -0.25) is 14.4 Å². The number of anilines is 1. The molecule has 0 fully saturated rings. The van der Waals surface area contributed by atoms with Gasteiger partial charge in [-0.1, -0.05) is 17.7 Å². The second-order valence-corrected chi connectivity index (χ2v) is 6.83. The van der Waals surface area contributed by atoms with Crippen LogP contribution < -0.4 is 5.32 Å². The standard InChI is InChI=1S/C22H24FNO4/c1-13-11-14(2)21(15(3)12-13)24-22(27)16(4)28-20(26)10-9-19(25)17-5-7-18(23)8-6-17/h5-8,11-12,16H,9-10H2,1-4H3,(H,24,27)/t16-/m0/s1. The van der Waals surface area contributed by atoms with Crippen molar-refractivity contribution in [1.82, 2.24) is 0 Å². The van der Waals surface area contributed by atoms with Gasteiger partial charge in [0.05, 0.1) is 6.42 Å². The summed E-state index contributed by atoms with van der Waals surface area (Å²) in [6.07, 6.45) is -1.22. The molecule has 0 heterocycles. The number of carbonyl (C=O) groups excluding carboxylic acids is 3. The molecule has 2 aromatic rings. The summed E-state index contributed by atoms with van der Waals surface area (Å²) in [7, 11) is 0. The van der Waals surface area contributed by atoms with Crippen molar-refractivity contribution in [3.63, 3.8) is 0 Å². The summed E-state index contributed by atoms with van der Waals surface area (Å²) in [6.45, 7) is 7.25. The van der Waals surface area contributed by atoms with Crippen molar-refractivity contribution in [2.24, 2.45) is 0 Å².